The molecule has 0 N–H and O–H groups in total. The number of benzene rings is 1. The lowest BCUT2D eigenvalue weighted by molar-refractivity contribution is 0.700. The van der Waals surface area contributed by atoms with Crippen LogP contribution in [0.25, 0.3) is 10.2 Å². The molecule has 0 atom stereocenters. The lowest BCUT2D eigenvalue weighted by Gasteiger charge is -2.20. The van der Waals surface area contributed by atoms with Gasteiger partial charge in [0, 0.05) is 23.7 Å². The van der Waals surface area contributed by atoms with Gasteiger partial charge in [-0.05, 0) is 49.7 Å². The summed E-state index contributed by atoms with van der Waals surface area (Å²) in [5, 5.41) is 2.30. The molecule has 1 fully saturated rings. The van der Waals surface area contributed by atoms with Crippen molar-refractivity contribution in [1.82, 2.24) is 9.97 Å². The van der Waals surface area contributed by atoms with Gasteiger partial charge in [-0.3, -0.25) is 0 Å². The maximum atomic E-state index is 5.06. The molecule has 0 unspecified atom stereocenters. The number of rotatable bonds is 4. The SMILES string of the molecule is c1ccc(CSc2nc(N3CCCC3)c3c4c(sc3n2)CCCC4)cc1. The van der Waals surface area contributed by atoms with Crippen LogP contribution in [0.15, 0.2) is 35.5 Å². The number of nitrogens with zero attached hydrogens (tertiary/aromatic N) is 3. The summed E-state index contributed by atoms with van der Waals surface area (Å²) in [6.07, 6.45) is 7.62. The Balaban J connectivity index is 1.54. The monoisotopic (exact) mass is 381 g/mol. The highest BCUT2D eigenvalue weighted by Gasteiger charge is 2.25. The average Bonchev–Trinajstić information content (AvgIpc) is 3.34. The predicted octanol–water partition coefficient (Wildman–Crippen LogP) is 5.46. The van der Waals surface area contributed by atoms with Crippen molar-refractivity contribution in [3.05, 3.63) is 46.3 Å². The lowest BCUT2D eigenvalue weighted by atomic mass is 9.97. The zero-order chi connectivity index (χ0) is 17.3. The van der Waals surface area contributed by atoms with Crippen LogP contribution in [0.2, 0.25) is 0 Å². The van der Waals surface area contributed by atoms with Crippen molar-refractivity contribution in [3.63, 3.8) is 0 Å². The Morgan fingerprint density at radius 1 is 0.962 bits per heavy atom. The summed E-state index contributed by atoms with van der Waals surface area (Å²) in [6, 6.07) is 10.6. The van der Waals surface area contributed by atoms with Crippen LogP contribution in [-0.4, -0.2) is 23.1 Å². The van der Waals surface area contributed by atoms with Crippen molar-refractivity contribution >= 4 is 39.1 Å². The standard InChI is InChI=1S/C21H23N3S2/c1-2-8-15(9-3-1)14-25-21-22-19(24-12-6-7-13-24)18-16-10-4-5-11-17(16)26-20(18)23-21/h1-3,8-9H,4-7,10-14H2. The Morgan fingerprint density at radius 3 is 2.62 bits per heavy atom. The summed E-state index contributed by atoms with van der Waals surface area (Å²) in [5.74, 6) is 2.14. The van der Waals surface area contributed by atoms with E-state index < -0.39 is 0 Å². The Morgan fingerprint density at radius 2 is 1.77 bits per heavy atom. The molecule has 2 aliphatic rings. The number of aromatic nitrogens is 2. The molecular weight excluding hydrogens is 358 g/mol. The van der Waals surface area contributed by atoms with Crippen LogP contribution >= 0.6 is 23.1 Å². The van der Waals surface area contributed by atoms with Crippen molar-refractivity contribution in [3.8, 4) is 0 Å². The Bertz CT molecular complexity index is 914. The maximum Gasteiger partial charge on any atom is 0.191 e. The van der Waals surface area contributed by atoms with Gasteiger partial charge < -0.3 is 4.90 Å². The van der Waals surface area contributed by atoms with E-state index in [1.807, 2.05) is 11.3 Å². The van der Waals surface area contributed by atoms with Gasteiger partial charge in [0.1, 0.15) is 10.6 Å². The molecule has 3 aromatic rings. The molecule has 1 aliphatic heterocycles. The van der Waals surface area contributed by atoms with Crippen LogP contribution in [0.5, 0.6) is 0 Å². The third-order valence-corrected chi connectivity index (χ3v) is 7.50. The number of anilines is 1. The largest absolute Gasteiger partial charge is 0.356 e. The number of hydrogen-bond acceptors (Lipinski definition) is 5. The fourth-order valence-corrected chi connectivity index (χ4v) is 6.17. The molecule has 0 amide bonds. The zero-order valence-electron chi connectivity index (χ0n) is 14.9. The second kappa shape index (κ2) is 7.20. The van der Waals surface area contributed by atoms with Gasteiger partial charge in [-0.25, -0.2) is 9.97 Å². The number of fused-ring (bicyclic) bond motifs is 3. The van der Waals surface area contributed by atoms with E-state index in [-0.39, 0.29) is 0 Å². The third kappa shape index (κ3) is 3.12. The molecule has 1 saturated heterocycles. The fraction of sp³-hybridized carbons (Fsp3) is 0.429. The first-order valence-electron chi connectivity index (χ1n) is 9.62. The normalized spacial score (nSPS) is 17.0. The molecule has 1 aliphatic carbocycles. The van der Waals surface area contributed by atoms with Crippen molar-refractivity contribution in [1.29, 1.82) is 0 Å². The molecule has 1 aromatic carbocycles. The molecule has 2 aromatic heterocycles. The second-order valence-electron chi connectivity index (χ2n) is 7.19. The molecule has 0 spiro atoms. The molecule has 3 heterocycles. The van der Waals surface area contributed by atoms with Crippen LogP contribution in [0.4, 0.5) is 5.82 Å². The molecule has 0 radical (unpaired) electrons. The number of thioether (sulfide) groups is 1. The van der Waals surface area contributed by atoms with Crippen molar-refractivity contribution < 1.29 is 0 Å². The van der Waals surface area contributed by atoms with Crippen molar-refractivity contribution in [2.45, 2.75) is 49.4 Å². The molecular formula is C21H23N3S2. The smallest absolute Gasteiger partial charge is 0.191 e. The second-order valence-corrected chi connectivity index (χ2v) is 9.22. The highest BCUT2D eigenvalue weighted by Crippen LogP contribution is 2.41. The predicted molar refractivity (Wildman–Crippen MR) is 112 cm³/mol. The van der Waals surface area contributed by atoms with Crippen LogP contribution in [0, 0.1) is 0 Å². The van der Waals surface area contributed by atoms with E-state index in [0.29, 0.717) is 0 Å². The lowest BCUT2D eigenvalue weighted by Crippen LogP contribution is -2.20. The molecule has 0 saturated carbocycles. The van der Waals surface area contributed by atoms with Gasteiger partial charge in [0.2, 0.25) is 0 Å². The van der Waals surface area contributed by atoms with Crippen molar-refractivity contribution in [2.75, 3.05) is 18.0 Å². The third-order valence-electron chi connectivity index (χ3n) is 5.39. The van der Waals surface area contributed by atoms with Gasteiger partial charge in [-0.15, -0.1) is 11.3 Å². The van der Waals surface area contributed by atoms with E-state index in [4.69, 9.17) is 9.97 Å². The maximum absolute atomic E-state index is 5.06. The first-order valence-corrected chi connectivity index (χ1v) is 11.4. The molecule has 0 bridgehead atoms. The molecule has 134 valence electrons. The average molecular weight is 382 g/mol. The van der Waals surface area contributed by atoms with Crippen molar-refractivity contribution in [2.24, 2.45) is 0 Å². The van der Waals surface area contributed by atoms with Crippen LogP contribution < -0.4 is 4.90 Å². The molecule has 5 heteroatoms. The molecule has 5 rings (SSSR count). The van der Waals surface area contributed by atoms with Crippen LogP contribution in [0.3, 0.4) is 0 Å². The van der Waals surface area contributed by atoms with Gasteiger partial charge >= 0.3 is 0 Å². The Hall–Kier alpha value is -1.59. The minimum absolute atomic E-state index is 0.927. The minimum atomic E-state index is 0.927. The highest BCUT2D eigenvalue weighted by molar-refractivity contribution is 7.98. The van der Waals surface area contributed by atoms with E-state index in [0.717, 1.165) is 24.0 Å². The summed E-state index contributed by atoms with van der Waals surface area (Å²) in [6.45, 7) is 2.28. The quantitative estimate of drug-likeness (QED) is 0.443. The van der Waals surface area contributed by atoms with Gasteiger partial charge in [0.05, 0.1) is 5.39 Å². The Kier molecular flexibility index (Phi) is 4.59. The Labute approximate surface area is 162 Å². The van der Waals surface area contributed by atoms with E-state index in [1.165, 1.54) is 60.1 Å². The summed E-state index contributed by atoms with van der Waals surface area (Å²) in [4.78, 5) is 15.3. The zero-order valence-corrected chi connectivity index (χ0v) is 16.5. The van der Waals surface area contributed by atoms with Gasteiger partial charge in [-0.1, -0.05) is 42.1 Å². The van der Waals surface area contributed by atoms with Gasteiger partial charge in [0.25, 0.3) is 0 Å². The number of thiophene rings is 1. The summed E-state index contributed by atoms with van der Waals surface area (Å²) in [7, 11) is 0. The fourth-order valence-electron chi connectivity index (χ4n) is 4.06. The van der Waals surface area contributed by atoms with E-state index >= 15 is 0 Å². The highest BCUT2D eigenvalue weighted by atomic mass is 32.2. The van der Waals surface area contributed by atoms with E-state index in [2.05, 4.69) is 35.2 Å². The topological polar surface area (TPSA) is 29.0 Å². The van der Waals surface area contributed by atoms with Crippen LogP contribution in [0.1, 0.15) is 41.7 Å². The van der Waals surface area contributed by atoms with E-state index in [9.17, 15) is 0 Å². The minimum Gasteiger partial charge on any atom is -0.356 e. The molecule has 26 heavy (non-hydrogen) atoms. The summed E-state index contributed by atoms with van der Waals surface area (Å²) in [5.41, 5.74) is 2.88. The first-order chi connectivity index (χ1) is 12.9. The van der Waals surface area contributed by atoms with Gasteiger partial charge in [-0.2, -0.15) is 0 Å². The van der Waals surface area contributed by atoms with Crippen LogP contribution in [-0.2, 0) is 18.6 Å². The number of hydrogen-bond donors (Lipinski definition) is 0. The molecule has 3 nitrogen and oxygen atoms in total. The number of aryl methyl sites for hydroxylation is 2. The van der Waals surface area contributed by atoms with E-state index in [1.54, 1.807) is 22.2 Å². The first kappa shape index (κ1) is 16.6. The van der Waals surface area contributed by atoms with Gasteiger partial charge in [0.15, 0.2) is 5.16 Å². The summed E-state index contributed by atoms with van der Waals surface area (Å²) >= 11 is 3.68. The summed E-state index contributed by atoms with van der Waals surface area (Å²) < 4.78 is 0.